The van der Waals surface area contributed by atoms with E-state index in [2.05, 4.69) is 11.4 Å². The van der Waals surface area contributed by atoms with Crippen molar-refractivity contribution < 1.29 is 4.79 Å². The molecule has 0 aliphatic carbocycles. The van der Waals surface area contributed by atoms with E-state index in [9.17, 15) is 4.79 Å². The van der Waals surface area contributed by atoms with E-state index in [4.69, 9.17) is 10.5 Å². The number of nitriles is 2. The molecule has 1 rings (SSSR count). The summed E-state index contributed by atoms with van der Waals surface area (Å²) in [6, 6.07) is 10.9. The average molecular weight is 256 g/mol. The molecule has 0 spiro atoms. The first-order valence-corrected chi connectivity index (χ1v) is 6.09. The molecule has 0 radical (unpaired) electrons. The largest absolute Gasteiger partial charge is 0.325 e. The number of carbonyl (C=O) groups is 1. The van der Waals surface area contributed by atoms with Gasteiger partial charge in [0.1, 0.15) is 0 Å². The third kappa shape index (κ3) is 5.20. The molecule has 0 fully saturated rings. The fraction of sp³-hybridized carbons (Fsp3) is 0.357. The average Bonchev–Trinajstić information content (AvgIpc) is 2.43. The molecule has 1 amide bonds. The van der Waals surface area contributed by atoms with E-state index in [1.54, 1.807) is 24.3 Å². The van der Waals surface area contributed by atoms with Crippen LogP contribution in [0.1, 0.15) is 18.9 Å². The zero-order valence-corrected chi connectivity index (χ0v) is 10.9. The minimum atomic E-state index is -0.144. The second kappa shape index (κ2) is 7.86. The van der Waals surface area contributed by atoms with Crippen molar-refractivity contribution >= 4 is 11.6 Å². The number of likely N-dealkylation sites (N-methyl/N-ethyl adjacent to an activating group) is 1. The lowest BCUT2D eigenvalue weighted by Crippen LogP contribution is -2.33. The van der Waals surface area contributed by atoms with Crippen LogP contribution in [-0.2, 0) is 4.79 Å². The minimum Gasteiger partial charge on any atom is -0.325 e. The monoisotopic (exact) mass is 256 g/mol. The van der Waals surface area contributed by atoms with Crippen molar-refractivity contribution in [2.45, 2.75) is 13.3 Å². The molecular formula is C14H16N4O. The summed E-state index contributed by atoms with van der Waals surface area (Å²) >= 11 is 0. The van der Waals surface area contributed by atoms with Gasteiger partial charge >= 0.3 is 0 Å². The van der Waals surface area contributed by atoms with Gasteiger partial charge in [0.05, 0.1) is 24.2 Å². The molecule has 0 heterocycles. The second-order valence-corrected chi connectivity index (χ2v) is 4.02. The van der Waals surface area contributed by atoms with Gasteiger partial charge in [-0.2, -0.15) is 10.5 Å². The van der Waals surface area contributed by atoms with Gasteiger partial charge in [-0.3, -0.25) is 9.69 Å². The Labute approximate surface area is 113 Å². The first-order valence-electron chi connectivity index (χ1n) is 6.09. The van der Waals surface area contributed by atoms with Crippen LogP contribution in [0.2, 0.25) is 0 Å². The molecule has 0 aliphatic heterocycles. The van der Waals surface area contributed by atoms with Gasteiger partial charge in [-0.1, -0.05) is 13.0 Å². The summed E-state index contributed by atoms with van der Waals surface area (Å²) in [6.45, 7) is 3.49. The maximum atomic E-state index is 11.8. The normalized spacial score (nSPS) is 9.68. The van der Waals surface area contributed by atoms with Crippen LogP contribution in [0.3, 0.4) is 0 Å². The zero-order chi connectivity index (χ0) is 14.1. The number of benzene rings is 1. The fourth-order valence-corrected chi connectivity index (χ4v) is 1.63. The van der Waals surface area contributed by atoms with Gasteiger partial charge in [-0.25, -0.2) is 0 Å². The Hall–Kier alpha value is -2.37. The van der Waals surface area contributed by atoms with Crippen LogP contribution >= 0.6 is 0 Å². The molecule has 0 atom stereocenters. The SMILES string of the molecule is CCN(CCC#N)CC(=O)Nc1cccc(C#N)c1. The van der Waals surface area contributed by atoms with Crippen LogP contribution in [0.4, 0.5) is 5.69 Å². The van der Waals surface area contributed by atoms with E-state index in [0.717, 1.165) is 0 Å². The van der Waals surface area contributed by atoms with Crippen molar-refractivity contribution in [2.24, 2.45) is 0 Å². The fourth-order valence-electron chi connectivity index (χ4n) is 1.63. The Morgan fingerprint density at radius 2 is 2.21 bits per heavy atom. The summed E-state index contributed by atoms with van der Waals surface area (Å²) in [5.41, 5.74) is 1.12. The van der Waals surface area contributed by atoms with Crippen molar-refractivity contribution in [3.05, 3.63) is 29.8 Å². The molecule has 1 aromatic rings. The van der Waals surface area contributed by atoms with E-state index in [0.29, 0.717) is 30.8 Å². The van der Waals surface area contributed by atoms with E-state index >= 15 is 0 Å². The van der Waals surface area contributed by atoms with Crippen LogP contribution in [0.15, 0.2) is 24.3 Å². The number of amides is 1. The van der Waals surface area contributed by atoms with Gasteiger partial charge < -0.3 is 5.32 Å². The second-order valence-electron chi connectivity index (χ2n) is 4.02. The predicted molar refractivity (Wildman–Crippen MR) is 72.1 cm³/mol. The Kier molecular flexibility index (Phi) is 6.08. The molecule has 0 saturated carbocycles. The highest BCUT2D eigenvalue weighted by Gasteiger charge is 2.09. The third-order valence-electron chi connectivity index (χ3n) is 2.63. The molecule has 5 nitrogen and oxygen atoms in total. The predicted octanol–water partition coefficient (Wildman–Crippen LogP) is 1.73. The number of hydrogen-bond donors (Lipinski definition) is 1. The summed E-state index contributed by atoms with van der Waals surface area (Å²) < 4.78 is 0. The first kappa shape index (κ1) is 14.7. The summed E-state index contributed by atoms with van der Waals surface area (Å²) in [5, 5.41) is 20.0. The van der Waals surface area contributed by atoms with Crippen molar-refractivity contribution in [3.63, 3.8) is 0 Å². The van der Waals surface area contributed by atoms with Gasteiger partial charge in [-0.05, 0) is 24.7 Å². The lowest BCUT2D eigenvalue weighted by atomic mass is 10.2. The first-order chi connectivity index (χ1) is 9.19. The molecule has 0 unspecified atom stereocenters. The molecule has 0 saturated heterocycles. The Balaban J connectivity index is 2.54. The minimum absolute atomic E-state index is 0.144. The molecule has 5 heteroatoms. The Bertz CT molecular complexity index is 513. The van der Waals surface area contributed by atoms with E-state index in [1.807, 2.05) is 17.9 Å². The summed E-state index contributed by atoms with van der Waals surface area (Å²) in [7, 11) is 0. The lowest BCUT2D eigenvalue weighted by Gasteiger charge is -2.18. The number of carbonyl (C=O) groups excluding carboxylic acids is 1. The molecule has 19 heavy (non-hydrogen) atoms. The van der Waals surface area contributed by atoms with E-state index < -0.39 is 0 Å². The van der Waals surface area contributed by atoms with E-state index in [1.165, 1.54) is 0 Å². The third-order valence-corrected chi connectivity index (χ3v) is 2.63. The highest BCUT2D eigenvalue weighted by Crippen LogP contribution is 2.09. The Morgan fingerprint density at radius 3 is 2.84 bits per heavy atom. The number of nitrogens with one attached hydrogen (secondary N) is 1. The maximum absolute atomic E-state index is 11.8. The topological polar surface area (TPSA) is 79.9 Å². The van der Waals surface area contributed by atoms with Crippen molar-refractivity contribution in [3.8, 4) is 12.1 Å². The number of anilines is 1. The van der Waals surface area contributed by atoms with Crippen molar-refractivity contribution in [1.82, 2.24) is 4.90 Å². The quantitative estimate of drug-likeness (QED) is 0.840. The van der Waals surface area contributed by atoms with Crippen LogP contribution < -0.4 is 5.32 Å². The number of rotatable bonds is 6. The molecule has 0 aliphatic rings. The molecule has 0 aromatic heterocycles. The van der Waals surface area contributed by atoms with Crippen molar-refractivity contribution in [2.75, 3.05) is 25.0 Å². The van der Waals surface area contributed by atoms with Crippen molar-refractivity contribution in [1.29, 1.82) is 10.5 Å². The van der Waals surface area contributed by atoms with Crippen LogP contribution in [0, 0.1) is 22.7 Å². The number of nitrogens with zero attached hydrogens (tertiary/aromatic N) is 3. The highest BCUT2D eigenvalue weighted by atomic mass is 16.2. The van der Waals surface area contributed by atoms with Crippen LogP contribution in [-0.4, -0.2) is 30.4 Å². The maximum Gasteiger partial charge on any atom is 0.238 e. The summed E-state index contributed by atoms with van der Waals surface area (Å²) in [4.78, 5) is 13.7. The van der Waals surface area contributed by atoms with Crippen LogP contribution in [0.5, 0.6) is 0 Å². The smallest absolute Gasteiger partial charge is 0.238 e. The summed E-state index contributed by atoms with van der Waals surface area (Å²) in [5.74, 6) is -0.144. The highest BCUT2D eigenvalue weighted by molar-refractivity contribution is 5.92. The lowest BCUT2D eigenvalue weighted by molar-refractivity contribution is -0.117. The van der Waals surface area contributed by atoms with Gasteiger partial charge in [0, 0.05) is 18.7 Å². The molecule has 1 N–H and O–H groups in total. The van der Waals surface area contributed by atoms with Gasteiger partial charge in [0.25, 0.3) is 0 Å². The number of hydrogen-bond acceptors (Lipinski definition) is 4. The zero-order valence-electron chi connectivity index (χ0n) is 10.9. The molecular weight excluding hydrogens is 240 g/mol. The molecule has 98 valence electrons. The van der Waals surface area contributed by atoms with Gasteiger partial charge in [-0.15, -0.1) is 0 Å². The van der Waals surface area contributed by atoms with Crippen LogP contribution in [0.25, 0.3) is 0 Å². The molecule has 0 bridgehead atoms. The van der Waals surface area contributed by atoms with E-state index in [-0.39, 0.29) is 12.5 Å². The Morgan fingerprint density at radius 1 is 1.42 bits per heavy atom. The summed E-state index contributed by atoms with van der Waals surface area (Å²) in [6.07, 6.45) is 0.408. The van der Waals surface area contributed by atoms with Gasteiger partial charge in [0.15, 0.2) is 0 Å². The molecule has 1 aromatic carbocycles. The van der Waals surface area contributed by atoms with Gasteiger partial charge in [0.2, 0.25) is 5.91 Å². The standard InChI is InChI=1S/C14H16N4O/c1-2-18(8-4-7-15)11-14(19)17-13-6-3-5-12(9-13)10-16/h3,5-6,9H,2,4,8,11H2,1H3,(H,17,19).